The Bertz CT molecular complexity index is 476. The molecule has 0 aromatic heterocycles. The van der Waals surface area contributed by atoms with Crippen LogP contribution in [0.5, 0.6) is 0 Å². The van der Waals surface area contributed by atoms with Gasteiger partial charge < -0.3 is 15.8 Å². The Morgan fingerprint density at radius 1 is 1.33 bits per heavy atom. The Hall–Kier alpha value is -1.95. The van der Waals surface area contributed by atoms with Crippen molar-refractivity contribution in [3.8, 4) is 0 Å². The fourth-order valence-electron chi connectivity index (χ4n) is 1.75. The molecular weight excluding hydrogens is 275 g/mol. The number of nitrogens with one attached hydrogen (secondary N) is 1. The zero-order chi connectivity index (χ0) is 15.8. The molecule has 5 nitrogen and oxygen atoms in total. The van der Waals surface area contributed by atoms with Gasteiger partial charge in [0.15, 0.2) is 0 Å². The van der Waals surface area contributed by atoms with Crippen LogP contribution in [0.15, 0.2) is 24.3 Å². The van der Waals surface area contributed by atoms with Crippen molar-refractivity contribution >= 4 is 11.9 Å². The van der Waals surface area contributed by atoms with Crippen LogP contribution in [0.25, 0.3) is 0 Å². The van der Waals surface area contributed by atoms with Gasteiger partial charge in [0, 0.05) is 12.5 Å². The molecule has 116 valence electrons. The fraction of sp³-hybridized carbons (Fsp3) is 0.467. The number of nitrogens with two attached hydrogens (primary N) is 1. The van der Waals surface area contributed by atoms with Crippen molar-refractivity contribution < 1.29 is 18.7 Å². The number of carbonyl (C=O) groups is 2. The smallest absolute Gasteiger partial charge is 0.308 e. The highest BCUT2D eigenvalue weighted by molar-refractivity contribution is 5.80. The third kappa shape index (κ3) is 5.51. The Balaban J connectivity index is 2.86. The second-order valence-electron chi connectivity index (χ2n) is 4.76. The van der Waals surface area contributed by atoms with E-state index in [2.05, 4.69) is 5.32 Å². The van der Waals surface area contributed by atoms with Crippen LogP contribution in [0.4, 0.5) is 4.39 Å². The fourth-order valence-corrected chi connectivity index (χ4v) is 1.75. The number of amides is 1. The first-order valence-electron chi connectivity index (χ1n) is 6.89. The molecule has 2 atom stereocenters. The van der Waals surface area contributed by atoms with E-state index in [1.807, 2.05) is 0 Å². The third-order valence-corrected chi connectivity index (χ3v) is 3.07. The number of rotatable bonds is 7. The molecule has 0 fully saturated rings. The van der Waals surface area contributed by atoms with E-state index in [1.54, 1.807) is 13.8 Å². The number of benzene rings is 1. The summed E-state index contributed by atoms with van der Waals surface area (Å²) >= 11 is 0. The van der Waals surface area contributed by atoms with Crippen LogP contribution in [0.1, 0.15) is 31.9 Å². The van der Waals surface area contributed by atoms with E-state index in [9.17, 15) is 14.0 Å². The number of halogens is 1. The zero-order valence-electron chi connectivity index (χ0n) is 12.3. The summed E-state index contributed by atoms with van der Waals surface area (Å²) in [5, 5.41) is 2.75. The summed E-state index contributed by atoms with van der Waals surface area (Å²) in [6.07, 6.45) is -0.0114. The Kier molecular flexibility index (Phi) is 6.81. The molecule has 0 radical (unpaired) electrons. The lowest BCUT2D eigenvalue weighted by Crippen LogP contribution is -2.37. The molecule has 0 aliphatic rings. The van der Waals surface area contributed by atoms with Gasteiger partial charge in [0.25, 0.3) is 0 Å². The largest absolute Gasteiger partial charge is 0.466 e. The maximum absolute atomic E-state index is 13.0. The Morgan fingerprint density at radius 3 is 2.48 bits per heavy atom. The van der Waals surface area contributed by atoms with E-state index < -0.39 is 12.0 Å². The monoisotopic (exact) mass is 296 g/mol. The number of esters is 1. The number of hydrogen-bond donors (Lipinski definition) is 2. The van der Waals surface area contributed by atoms with Crippen LogP contribution in [-0.2, 0) is 14.3 Å². The van der Waals surface area contributed by atoms with Crippen molar-refractivity contribution in [2.24, 2.45) is 11.7 Å². The lowest BCUT2D eigenvalue weighted by atomic mass is 10.0. The van der Waals surface area contributed by atoms with Gasteiger partial charge in [0.1, 0.15) is 5.82 Å². The molecule has 0 aliphatic carbocycles. The summed E-state index contributed by atoms with van der Waals surface area (Å²) in [5.74, 6) is -1.42. The maximum atomic E-state index is 13.0. The van der Waals surface area contributed by atoms with Crippen molar-refractivity contribution in [1.82, 2.24) is 5.32 Å². The molecule has 3 N–H and O–H groups in total. The van der Waals surface area contributed by atoms with E-state index in [0.717, 1.165) is 0 Å². The molecule has 1 aromatic carbocycles. The Labute approximate surface area is 123 Å². The van der Waals surface area contributed by atoms with Crippen LogP contribution in [0.3, 0.4) is 0 Å². The molecule has 0 spiro atoms. The first-order valence-corrected chi connectivity index (χ1v) is 6.89. The minimum Gasteiger partial charge on any atom is -0.466 e. The first kappa shape index (κ1) is 17.1. The predicted octanol–water partition coefficient (Wildman–Crippen LogP) is 1.53. The molecule has 0 saturated heterocycles. The summed E-state index contributed by atoms with van der Waals surface area (Å²) < 4.78 is 17.9. The lowest BCUT2D eigenvalue weighted by molar-refractivity contribution is -0.143. The number of ether oxygens (including phenoxy) is 1. The van der Waals surface area contributed by atoms with Crippen molar-refractivity contribution in [3.05, 3.63) is 35.6 Å². The van der Waals surface area contributed by atoms with Gasteiger partial charge in [0.05, 0.1) is 19.1 Å². The van der Waals surface area contributed by atoms with E-state index in [1.165, 1.54) is 24.3 Å². The van der Waals surface area contributed by atoms with Crippen LogP contribution >= 0.6 is 0 Å². The minimum atomic E-state index is -0.564. The van der Waals surface area contributed by atoms with E-state index in [4.69, 9.17) is 10.5 Å². The van der Waals surface area contributed by atoms with Gasteiger partial charge >= 0.3 is 5.97 Å². The van der Waals surface area contributed by atoms with Crippen molar-refractivity contribution in [1.29, 1.82) is 0 Å². The molecule has 1 amide bonds. The molecule has 0 saturated carbocycles. The second-order valence-corrected chi connectivity index (χ2v) is 4.76. The zero-order valence-corrected chi connectivity index (χ0v) is 12.3. The van der Waals surface area contributed by atoms with Crippen molar-refractivity contribution in [3.63, 3.8) is 0 Å². The average molecular weight is 296 g/mol. The molecule has 0 aliphatic heterocycles. The topological polar surface area (TPSA) is 81.4 Å². The van der Waals surface area contributed by atoms with Gasteiger partial charge in [0.2, 0.25) is 5.91 Å². The molecule has 21 heavy (non-hydrogen) atoms. The molecule has 1 rings (SSSR count). The highest BCUT2D eigenvalue weighted by Crippen LogP contribution is 2.18. The van der Waals surface area contributed by atoms with E-state index in [0.29, 0.717) is 5.56 Å². The first-order chi connectivity index (χ1) is 9.97. The standard InChI is InChI=1S/C15H21FN2O3/c1-3-21-14(19)8-13(18-15(20)10(2)9-17)11-4-6-12(16)7-5-11/h4-7,10,13H,3,8-9,17H2,1-2H3,(H,18,20). The van der Waals surface area contributed by atoms with Crippen LogP contribution < -0.4 is 11.1 Å². The molecule has 6 heteroatoms. The van der Waals surface area contributed by atoms with Gasteiger partial charge in [-0.05, 0) is 24.6 Å². The lowest BCUT2D eigenvalue weighted by Gasteiger charge is -2.20. The van der Waals surface area contributed by atoms with Crippen molar-refractivity contribution in [2.75, 3.05) is 13.2 Å². The third-order valence-electron chi connectivity index (χ3n) is 3.07. The molecule has 0 heterocycles. The molecule has 1 aromatic rings. The highest BCUT2D eigenvalue weighted by Gasteiger charge is 2.21. The quantitative estimate of drug-likeness (QED) is 0.748. The van der Waals surface area contributed by atoms with Crippen LogP contribution in [0, 0.1) is 11.7 Å². The summed E-state index contributed by atoms with van der Waals surface area (Å²) in [7, 11) is 0. The predicted molar refractivity (Wildman–Crippen MR) is 76.8 cm³/mol. The van der Waals surface area contributed by atoms with Gasteiger partial charge in [-0.2, -0.15) is 0 Å². The van der Waals surface area contributed by atoms with Crippen molar-refractivity contribution in [2.45, 2.75) is 26.3 Å². The van der Waals surface area contributed by atoms with Gasteiger partial charge in [-0.1, -0.05) is 19.1 Å². The highest BCUT2D eigenvalue weighted by atomic mass is 19.1. The van der Waals surface area contributed by atoms with Crippen LogP contribution in [-0.4, -0.2) is 25.0 Å². The number of hydrogen-bond acceptors (Lipinski definition) is 4. The summed E-state index contributed by atoms with van der Waals surface area (Å²) in [6.45, 7) is 3.88. The second kappa shape index (κ2) is 8.36. The average Bonchev–Trinajstić information content (AvgIpc) is 2.46. The normalized spacial score (nSPS) is 13.3. The van der Waals surface area contributed by atoms with E-state index >= 15 is 0 Å². The SMILES string of the molecule is CCOC(=O)CC(NC(=O)C(C)CN)c1ccc(F)cc1. The van der Waals surface area contributed by atoms with Gasteiger partial charge in [-0.15, -0.1) is 0 Å². The number of carbonyl (C=O) groups excluding carboxylic acids is 2. The van der Waals surface area contributed by atoms with Gasteiger partial charge in [-0.25, -0.2) is 4.39 Å². The molecule has 2 unspecified atom stereocenters. The summed E-state index contributed by atoms with van der Waals surface area (Å²) in [5.41, 5.74) is 6.09. The van der Waals surface area contributed by atoms with Gasteiger partial charge in [-0.3, -0.25) is 9.59 Å². The van der Waals surface area contributed by atoms with Crippen LogP contribution in [0.2, 0.25) is 0 Å². The molecular formula is C15H21FN2O3. The summed E-state index contributed by atoms with van der Waals surface area (Å²) in [4.78, 5) is 23.6. The molecule has 0 bridgehead atoms. The Morgan fingerprint density at radius 2 is 1.95 bits per heavy atom. The minimum absolute atomic E-state index is 0.0114. The summed E-state index contributed by atoms with van der Waals surface area (Å²) in [6, 6.07) is 5.07. The maximum Gasteiger partial charge on any atom is 0.308 e. The van der Waals surface area contributed by atoms with E-state index in [-0.39, 0.29) is 37.2 Å².